The summed E-state index contributed by atoms with van der Waals surface area (Å²) in [5, 5.41) is 9.51. The number of nitrogens with one attached hydrogen (secondary N) is 3. The van der Waals surface area contributed by atoms with E-state index in [-0.39, 0.29) is 23.9 Å². The molecule has 44 heavy (non-hydrogen) atoms. The third kappa shape index (κ3) is 7.59. The van der Waals surface area contributed by atoms with Gasteiger partial charge in [-0.2, -0.15) is 4.98 Å². The van der Waals surface area contributed by atoms with E-state index in [1.54, 1.807) is 43.5 Å². The van der Waals surface area contributed by atoms with Gasteiger partial charge in [0.2, 0.25) is 11.9 Å². The lowest BCUT2D eigenvalue weighted by Crippen LogP contribution is -2.55. The molecule has 2 aliphatic heterocycles. The second kappa shape index (κ2) is 15.5. The maximum absolute atomic E-state index is 13.2. The van der Waals surface area contributed by atoms with E-state index in [1.165, 1.54) is 0 Å². The Morgan fingerprint density at radius 2 is 1.91 bits per heavy atom. The second-order valence-corrected chi connectivity index (χ2v) is 11.7. The van der Waals surface area contributed by atoms with Crippen molar-refractivity contribution in [3.8, 4) is 5.75 Å². The van der Waals surface area contributed by atoms with Crippen molar-refractivity contribution in [2.24, 2.45) is 0 Å². The van der Waals surface area contributed by atoms with Gasteiger partial charge in [-0.25, -0.2) is 4.98 Å². The summed E-state index contributed by atoms with van der Waals surface area (Å²) in [6, 6.07) is 5.26. The summed E-state index contributed by atoms with van der Waals surface area (Å²) in [5.74, 6) is 1.54. The van der Waals surface area contributed by atoms with Gasteiger partial charge in [-0.05, 0) is 69.8 Å². The van der Waals surface area contributed by atoms with Crippen LogP contribution in [0.1, 0.15) is 68.6 Å². The Morgan fingerprint density at radius 1 is 1.11 bits per heavy atom. The Bertz CT molecular complexity index is 1270. The first-order chi connectivity index (χ1) is 21.5. The molecule has 5 rings (SSSR count). The molecule has 2 fully saturated rings. The number of nitrogens with zero attached hydrogens (tertiary/aromatic N) is 4. The third-order valence-corrected chi connectivity index (χ3v) is 8.73. The van der Waals surface area contributed by atoms with Crippen LogP contribution >= 0.6 is 0 Å². The van der Waals surface area contributed by atoms with Crippen LogP contribution in [0.5, 0.6) is 5.75 Å². The molecule has 1 saturated carbocycles. The standard InChI is InChI=1S/C32H47N7O5/c1-4-26-31(41)38(2)27-21-35-32(37-29(27)39(26)23-8-5-6-9-23)36-25-11-10-22(20-28(25)42-3)30(40)34-16-19-43-17-7-18-44-24-12-14-33-15-13-24/h10-11,20-21,23-24,26,33H,4-9,12-19H2,1-3H3,(H,34,40)(H,35,36,37)/t26-/m1/s1. The van der Waals surface area contributed by atoms with E-state index in [4.69, 9.17) is 19.2 Å². The molecule has 240 valence electrons. The van der Waals surface area contributed by atoms with Crippen LogP contribution in [0.2, 0.25) is 0 Å². The maximum atomic E-state index is 13.2. The van der Waals surface area contributed by atoms with Gasteiger partial charge in [-0.1, -0.05) is 19.8 Å². The first-order valence-electron chi connectivity index (χ1n) is 16.1. The summed E-state index contributed by atoms with van der Waals surface area (Å²) in [5.41, 5.74) is 1.83. The van der Waals surface area contributed by atoms with Crippen LogP contribution in [0, 0.1) is 0 Å². The van der Waals surface area contributed by atoms with Gasteiger partial charge >= 0.3 is 0 Å². The zero-order valence-electron chi connectivity index (χ0n) is 26.3. The molecule has 0 unspecified atom stereocenters. The molecule has 2 aromatic rings. The topological polar surface area (TPSA) is 130 Å². The number of anilines is 4. The van der Waals surface area contributed by atoms with Gasteiger partial charge in [0.15, 0.2) is 5.82 Å². The fraction of sp³-hybridized carbons (Fsp3) is 0.625. The minimum atomic E-state index is -0.241. The number of hydrogen-bond acceptors (Lipinski definition) is 10. The summed E-state index contributed by atoms with van der Waals surface area (Å²) in [4.78, 5) is 39.3. The maximum Gasteiger partial charge on any atom is 0.251 e. The third-order valence-electron chi connectivity index (χ3n) is 8.73. The summed E-state index contributed by atoms with van der Waals surface area (Å²) < 4.78 is 17.2. The van der Waals surface area contributed by atoms with Crippen LogP contribution in [0.15, 0.2) is 24.4 Å². The van der Waals surface area contributed by atoms with E-state index in [1.807, 2.05) is 6.92 Å². The number of carbonyl (C=O) groups excluding carboxylic acids is 2. The van der Waals surface area contributed by atoms with Crippen molar-refractivity contribution in [2.45, 2.75) is 76.5 Å². The molecule has 1 aliphatic carbocycles. The molecule has 1 atom stereocenters. The van der Waals surface area contributed by atoms with Gasteiger partial charge in [-0.3, -0.25) is 9.59 Å². The number of fused-ring (bicyclic) bond motifs is 1. The van der Waals surface area contributed by atoms with Crippen molar-refractivity contribution in [1.82, 2.24) is 20.6 Å². The first kappa shape index (κ1) is 31.9. The average Bonchev–Trinajstić information content (AvgIpc) is 3.59. The molecule has 12 nitrogen and oxygen atoms in total. The fourth-order valence-corrected chi connectivity index (χ4v) is 6.31. The molecule has 0 bridgehead atoms. The predicted molar refractivity (Wildman–Crippen MR) is 170 cm³/mol. The molecule has 3 aliphatic rings. The number of amides is 2. The first-order valence-corrected chi connectivity index (χ1v) is 16.1. The Balaban J connectivity index is 1.15. The lowest BCUT2D eigenvalue weighted by molar-refractivity contribution is -0.120. The molecule has 3 heterocycles. The highest BCUT2D eigenvalue weighted by atomic mass is 16.5. The second-order valence-electron chi connectivity index (χ2n) is 11.7. The van der Waals surface area contributed by atoms with Crippen molar-refractivity contribution < 1.29 is 23.8 Å². The van der Waals surface area contributed by atoms with Crippen molar-refractivity contribution in [3.63, 3.8) is 0 Å². The zero-order chi connectivity index (χ0) is 30.9. The smallest absolute Gasteiger partial charge is 0.251 e. The molecule has 3 N–H and O–H groups in total. The van der Waals surface area contributed by atoms with Crippen LogP contribution in [0.4, 0.5) is 23.1 Å². The number of piperidine rings is 1. The largest absolute Gasteiger partial charge is 0.495 e. The van der Waals surface area contributed by atoms with E-state index in [0.29, 0.717) is 67.5 Å². The van der Waals surface area contributed by atoms with Gasteiger partial charge in [0.1, 0.15) is 17.5 Å². The number of rotatable bonds is 14. The molecule has 2 amide bonds. The Labute approximate surface area is 260 Å². The van der Waals surface area contributed by atoms with Gasteiger partial charge in [0.25, 0.3) is 5.91 Å². The van der Waals surface area contributed by atoms with Gasteiger partial charge in [-0.15, -0.1) is 0 Å². The van der Waals surface area contributed by atoms with Crippen LogP contribution in [-0.4, -0.2) is 93.6 Å². The molecule has 1 saturated heterocycles. The normalized spacial score (nSPS) is 19.2. The van der Waals surface area contributed by atoms with E-state index >= 15 is 0 Å². The van der Waals surface area contributed by atoms with Crippen molar-refractivity contribution in [3.05, 3.63) is 30.0 Å². The molecule has 0 radical (unpaired) electrons. The number of aromatic nitrogens is 2. The highest BCUT2D eigenvalue weighted by Crippen LogP contribution is 2.40. The molecular weight excluding hydrogens is 562 g/mol. The number of methoxy groups -OCH3 is 1. The Kier molecular flexibility index (Phi) is 11.2. The van der Waals surface area contributed by atoms with Gasteiger partial charge in [0, 0.05) is 38.4 Å². The van der Waals surface area contributed by atoms with E-state index < -0.39 is 0 Å². The average molecular weight is 610 g/mol. The van der Waals surface area contributed by atoms with Crippen LogP contribution in [0.3, 0.4) is 0 Å². The van der Waals surface area contributed by atoms with Gasteiger partial charge < -0.3 is 40.0 Å². The van der Waals surface area contributed by atoms with Crippen molar-refractivity contribution in [2.75, 3.05) is 68.7 Å². The Morgan fingerprint density at radius 3 is 2.66 bits per heavy atom. The van der Waals surface area contributed by atoms with Crippen molar-refractivity contribution in [1.29, 1.82) is 0 Å². The van der Waals surface area contributed by atoms with E-state index in [0.717, 1.165) is 63.9 Å². The summed E-state index contributed by atoms with van der Waals surface area (Å²) in [6.07, 6.45) is 10.2. The van der Waals surface area contributed by atoms with Crippen molar-refractivity contribution >= 4 is 35.0 Å². The quantitative estimate of drug-likeness (QED) is 0.273. The monoisotopic (exact) mass is 609 g/mol. The number of likely N-dealkylation sites (N-methyl/N-ethyl adjacent to an activating group) is 1. The fourth-order valence-electron chi connectivity index (χ4n) is 6.31. The van der Waals surface area contributed by atoms with E-state index in [2.05, 4.69) is 25.8 Å². The molecular formula is C32H47N7O5. The minimum Gasteiger partial charge on any atom is -0.495 e. The van der Waals surface area contributed by atoms with Crippen LogP contribution in [-0.2, 0) is 14.3 Å². The summed E-state index contributed by atoms with van der Waals surface area (Å²) in [6.45, 7) is 6.24. The molecule has 1 aromatic carbocycles. The number of carbonyl (C=O) groups is 2. The zero-order valence-corrected chi connectivity index (χ0v) is 26.3. The van der Waals surface area contributed by atoms with Crippen LogP contribution in [0.25, 0.3) is 0 Å². The SMILES string of the molecule is CC[C@@H]1C(=O)N(C)c2cnc(Nc3ccc(C(=O)NCCOCCCOC4CCNCC4)cc3OC)nc2N1C1CCCC1. The highest BCUT2D eigenvalue weighted by Gasteiger charge is 2.41. The number of benzene rings is 1. The lowest BCUT2D eigenvalue weighted by Gasteiger charge is -2.43. The van der Waals surface area contributed by atoms with E-state index in [9.17, 15) is 9.59 Å². The summed E-state index contributed by atoms with van der Waals surface area (Å²) in [7, 11) is 3.35. The highest BCUT2D eigenvalue weighted by molar-refractivity contribution is 6.04. The number of hydrogen-bond donors (Lipinski definition) is 3. The molecule has 1 aromatic heterocycles. The lowest BCUT2D eigenvalue weighted by atomic mass is 10.0. The van der Waals surface area contributed by atoms with Gasteiger partial charge in [0.05, 0.1) is 31.7 Å². The predicted octanol–water partition coefficient (Wildman–Crippen LogP) is 3.64. The molecule has 0 spiro atoms. The molecule has 12 heteroatoms. The number of ether oxygens (including phenoxy) is 3. The van der Waals surface area contributed by atoms with Crippen LogP contribution < -0.4 is 30.5 Å². The minimum absolute atomic E-state index is 0.0795. The summed E-state index contributed by atoms with van der Waals surface area (Å²) >= 11 is 0. The Hall–Kier alpha value is -3.48.